The molecule has 1 unspecified atom stereocenters. The van der Waals surface area contributed by atoms with Gasteiger partial charge < -0.3 is 4.74 Å². The van der Waals surface area contributed by atoms with Gasteiger partial charge in [-0.15, -0.1) is 0 Å². The largest absolute Gasteiger partial charge is 0.426 e. The highest BCUT2D eigenvalue weighted by molar-refractivity contribution is 5.75. The van der Waals surface area contributed by atoms with Gasteiger partial charge in [0.2, 0.25) is 0 Å². The first kappa shape index (κ1) is 22.9. The van der Waals surface area contributed by atoms with Gasteiger partial charge in [-0.1, -0.05) is 46.0 Å². The molecule has 4 heteroatoms. The van der Waals surface area contributed by atoms with E-state index in [0.717, 1.165) is 61.7 Å². The molecule has 0 aliphatic heterocycles. The molecule has 1 aromatic heterocycles. The summed E-state index contributed by atoms with van der Waals surface area (Å²) < 4.78 is 5.71. The van der Waals surface area contributed by atoms with Gasteiger partial charge in [-0.25, -0.2) is 9.97 Å². The number of aromatic nitrogens is 2. The highest BCUT2D eigenvalue weighted by Crippen LogP contribution is 2.33. The maximum absolute atomic E-state index is 12.7. The van der Waals surface area contributed by atoms with Crippen LogP contribution in [0.4, 0.5) is 0 Å². The lowest BCUT2D eigenvalue weighted by Crippen LogP contribution is -2.25. The van der Waals surface area contributed by atoms with E-state index in [1.165, 1.54) is 49.8 Å². The van der Waals surface area contributed by atoms with Gasteiger partial charge >= 0.3 is 5.97 Å². The van der Waals surface area contributed by atoms with Gasteiger partial charge in [0.05, 0.1) is 5.92 Å². The molecule has 0 N–H and O–H groups in total. The monoisotopic (exact) mass is 434 g/mol. The highest BCUT2D eigenvalue weighted by atomic mass is 16.5. The van der Waals surface area contributed by atoms with Crippen LogP contribution in [-0.4, -0.2) is 15.9 Å². The van der Waals surface area contributed by atoms with Crippen LogP contribution in [0.15, 0.2) is 30.5 Å². The fraction of sp³-hybridized carbons (Fsp3) is 0.607. The van der Waals surface area contributed by atoms with Crippen LogP contribution in [0, 0.1) is 17.8 Å². The third-order valence-corrected chi connectivity index (χ3v) is 7.56. The van der Waals surface area contributed by atoms with Crippen molar-refractivity contribution in [2.24, 2.45) is 17.8 Å². The molecular weight excluding hydrogens is 396 g/mol. The summed E-state index contributed by atoms with van der Waals surface area (Å²) in [6, 6.07) is 7.68. The number of nitrogens with zero attached hydrogens (tertiary/aromatic N) is 2. The number of aryl methyl sites for hydroxylation is 1. The van der Waals surface area contributed by atoms with Crippen molar-refractivity contribution in [3.63, 3.8) is 0 Å². The zero-order valence-corrected chi connectivity index (χ0v) is 19.8. The number of hydrogen-bond donors (Lipinski definition) is 0. The molecule has 1 saturated carbocycles. The van der Waals surface area contributed by atoms with Crippen molar-refractivity contribution in [1.29, 1.82) is 0 Å². The molecule has 0 bridgehead atoms. The number of unbranched alkanes of at least 4 members (excludes halogenated alkanes) is 2. The first-order valence-electron chi connectivity index (χ1n) is 12.8. The molecule has 0 saturated heterocycles. The Morgan fingerprint density at radius 3 is 2.50 bits per heavy atom. The minimum Gasteiger partial charge on any atom is -0.426 e. The number of benzene rings is 1. The Balaban J connectivity index is 1.30. The van der Waals surface area contributed by atoms with E-state index in [4.69, 9.17) is 9.72 Å². The maximum atomic E-state index is 12.7. The molecule has 2 aliphatic rings. The number of carbonyl (C=O) groups excluding carboxylic acids is 1. The van der Waals surface area contributed by atoms with Gasteiger partial charge in [-0.3, -0.25) is 4.79 Å². The van der Waals surface area contributed by atoms with E-state index in [1.807, 2.05) is 30.5 Å². The molecule has 172 valence electrons. The molecule has 0 spiro atoms. The van der Waals surface area contributed by atoms with Crippen LogP contribution in [0.2, 0.25) is 0 Å². The smallest absolute Gasteiger partial charge is 0.314 e. The van der Waals surface area contributed by atoms with Crippen molar-refractivity contribution in [2.75, 3.05) is 0 Å². The summed E-state index contributed by atoms with van der Waals surface area (Å²) in [7, 11) is 0. The summed E-state index contributed by atoms with van der Waals surface area (Å²) in [5.41, 5.74) is 3.47. The predicted molar refractivity (Wildman–Crippen MR) is 128 cm³/mol. The van der Waals surface area contributed by atoms with Crippen molar-refractivity contribution in [1.82, 2.24) is 9.97 Å². The van der Waals surface area contributed by atoms with Gasteiger partial charge in [0.25, 0.3) is 0 Å². The van der Waals surface area contributed by atoms with E-state index in [-0.39, 0.29) is 11.9 Å². The molecule has 1 heterocycles. The van der Waals surface area contributed by atoms with E-state index in [1.54, 1.807) is 0 Å². The van der Waals surface area contributed by atoms with Crippen molar-refractivity contribution < 1.29 is 9.53 Å². The van der Waals surface area contributed by atoms with Crippen LogP contribution < -0.4 is 4.74 Å². The molecular formula is C28H38N2O2. The lowest BCUT2D eigenvalue weighted by atomic mass is 9.80. The molecule has 2 aliphatic carbocycles. The Hall–Kier alpha value is -2.23. The standard InChI is InChI=1S/C28H38N2O2/c1-3-5-6-7-21-8-11-23(12-9-21)28(31)32-25-15-13-22(14-16-25)27-29-19-24-18-20(4-2)10-17-26(24)30-27/h13-16,19-21,23H,3-12,17-18H2,1-2H3. The second kappa shape index (κ2) is 11.1. The van der Waals surface area contributed by atoms with E-state index in [2.05, 4.69) is 18.8 Å². The van der Waals surface area contributed by atoms with Gasteiger partial charge in [-0.05, 0) is 86.6 Å². The van der Waals surface area contributed by atoms with Crippen LogP contribution in [0.5, 0.6) is 5.75 Å². The Morgan fingerprint density at radius 1 is 1.00 bits per heavy atom. The first-order chi connectivity index (χ1) is 15.7. The van der Waals surface area contributed by atoms with Crippen molar-refractivity contribution in [3.8, 4) is 17.1 Å². The van der Waals surface area contributed by atoms with Gasteiger partial charge in [0.15, 0.2) is 5.82 Å². The number of ether oxygens (including phenoxy) is 1. The van der Waals surface area contributed by atoms with Crippen LogP contribution >= 0.6 is 0 Å². The third kappa shape index (κ3) is 5.76. The molecule has 0 radical (unpaired) electrons. The van der Waals surface area contributed by atoms with E-state index in [0.29, 0.717) is 5.75 Å². The summed E-state index contributed by atoms with van der Waals surface area (Å²) in [5, 5.41) is 0. The predicted octanol–water partition coefficient (Wildman–Crippen LogP) is 6.95. The Labute approximate surface area is 193 Å². The lowest BCUT2D eigenvalue weighted by molar-refractivity contribution is -0.140. The fourth-order valence-corrected chi connectivity index (χ4v) is 5.31. The summed E-state index contributed by atoms with van der Waals surface area (Å²) in [4.78, 5) is 22.1. The Morgan fingerprint density at radius 2 is 1.78 bits per heavy atom. The summed E-state index contributed by atoms with van der Waals surface area (Å²) in [6.07, 6.45) is 16.1. The summed E-state index contributed by atoms with van der Waals surface area (Å²) in [6.45, 7) is 4.51. The van der Waals surface area contributed by atoms with Gasteiger partial charge in [0.1, 0.15) is 5.75 Å². The molecule has 1 atom stereocenters. The van der Waals surface area contributed by atoms with Crippen molar-refractivity contribution >= 4 is 5.97 Å². The van der Waals surface area contributed by atoms with Crippen LogP contribution in [0.25, 0.3) is 11.4 Å². The van der Waals surface area contributed by atoms with Crippen LogP contribution in [0.1, 0.15) is 89.3 Å². The third-order valence-electron chi connectivity index (χ3n) is 7.56. The van der Waals surface area contributed by atoms with Crippen molar-refractivity contribution in [2.45, 2.75) is 90.9 Å². The Bertz CT molecular complexity index is 885. The number of rotatable bonds is 8. The second-order valence-electron chi connectivity index (χ2n) is 9.84. The van der Waals surface area contributed by atoms with E-state index < -0.39 is 0 Å². The van der Waals surface area contributed by atoms with E-state index >= 15 is 0 Å². The van der Waals surface area contributed by atoms with Crippen LogP contribution in [0.3, 0.4) is 0 Å². The number of fused-ring (bicyclic) bond motifs is 1. The highest BCUT2D eigenvalue weighted by Gasteiger charge is 2.27. The number of carbonyl (C=O) groups is 1. The zero-order valence-electron chi connectivity index (χ0n) is 19.8. The minimum atomic E-state index is -0.0692. The van der Waals surface area contributed by atoms with Gasteiger partial charge in [-0.2, -0.15) is 0 Å². The maximum Gasteiger partial charge on any atom is 0.314 e. The summed E-state index contributed by atoms with van der Waals surface area (Å²) in [5.74, 6) is 2.93. The summed E-state index contributed by atoms with van der Waals surface area (Å²) >= 11 is 0. The van der Waals surface area contributed by atoms with Crippen LogP contribution in [-0.2, 0) is 17.6 Å². The molecule has 1 fully saturated rings. The molecule has 2 aromatic rings. The van der Waals surface area contributed by atoms with Gasteiger partial charge in [0, 0.05) is 17.5 Å². The average Bonchev–Trinajstić information content (AvgIpc) is 2.84. The SMILES string of the molecule is CCCCCC1CCC(C(=O)Oc2ccc(-c3ncc4c(n3)CCC(CC)C4)cc2)CC1. The minimum absolute atomic E-state index is 0.0491. The van der Waals surface area contributed by atoms with E-state index in [9.17, 15) is 4.79 Å². The fourth-order valence-electron chi connectivity index (χ4n) is 5.31. The molecule has 4 rings (SSSR count). The average molecular weight is 435 g/mol. The number of hydrogen-bond acceptors (Lipinski definition) is 4. The molecule has 4 nitrogen and oxygen atoms in total. The molecule has 1 aromatic carbocycles. The second-order valence-corrected chi connectivity index (χ2v) is 9.84. The zero-order chi connectivity index (χ0) is 22.3. The molecule has 32 heavy (non-hydrogen) atoms. The van der Waals surface area contributed by atoms with Crippen molar-refractivity contribution in [3.05, 3.63) is 41.7 Å². The Kier molecular flexibility index (Phi) is 7.94. The number of esters is 1. The quantitative estimate of drug-likeness (QED) is 0.256. The lowest BCUT2D eigenvalue weighted by Gasteiger charge is -2.27. The topological polar surface area (TPSA) is 52.1 Å². The first-order valence-corrected chi connectivity index (χ1v) is 12.8. The molecule has 0 amide bonds. The normalized spacial score (nSPS) is 22.9.